The molecule has 28 heavy (non-hydrogen) atoms. The van der Waals surface area contributed by atoms with E-state index >= 15 is 0 Å². The lowest BCUT2D eigenvalue weighted by Crippen LogP contribution is -2.49. The van der Waals surface area contributed by atoms with Crippen LogP contribution in [-0.2, 0) is 11.2 Å². The molecular formula is C20H21F3N2O3. The van der Waals surface area contributed by atoms with Gasteiger partial charge >= 0.3 is 6.36 Å². The Labute approximate surface area is 161 Å². The molecule has 150 valence electrons. The van der Waals surface area contributed by atoms with Crippen LogP contribution in [0.15, 0.2) is 48.5 Å². The predicted octanol–water partition coefficient (Wildman–Crippen LogP) is 3.31. The summed E-state index contributed by atoms with van der Waals surface area (Å²) in [7, 11) is 1.59. The number of para-hydroxylation sites is 1. The number of hydrogen-bond acceptors (Lipinski definition) is 4. The van der Waals surface area contributed by atoms with Crippen LogP contribution in [0.2, 0.25) is 0 Å². The highest BCUT2D eigenvalue weighted by Gasteiger charge is 2.31. The second-order valence-electron chi connectivity index (χ2n) is 6.42. The van der Waals surface area contributed by atoms with Crippen molar-refractivity contribution in [2.75, 3.05) is 26.7 Å². The van der Waals surface area contributed by atoms with E-state index in [9.17, 15) is 18.0 Å². The molecule has 2 aromatic carbocycles. The third kappa shape index (κ3) is 4.95. The van der Waals surface area contributed by atoms with Gasteiger partial charge in [0, 0.05) is 25.2 Å². The number of ether oxygens (including phenoxy) is 2. The lowest BCUT2D eigenvalue weighted by Gasteiger charge is -2.37. The van der Waals surface area contributed by atoms with Gasteiger partial charge in [-0.25, -0.2) is 0 Å². The van der Waals surface area contributed by atoms with E-state index in [0.29, 0.717) is 30.9 Å². The number of carbonyl (C=O) groups excluding carboxylic acids is 1. The summed E-state index contributed by atoms with van der Waals surface area (Å²) in [5.74, 6) is 0.308. The van der Waals surface area contributed by atoms with Gasteiger partial charge in [-0.1, -0.05) is 30.3 Å². The Hall–Kier alpha value is -2.74. The maximum Gasteiger partial charge on any atom is 0.573 e. The largest absolute Gasteiger partial charge is 0.573 e. The smallest absolute Gasteiger partial charge is 0.496 e. The van der Waals surface area contributed by atoms with Crippen LogP contribution in [0, 0.1) is 0 Å². The van der Waals surface area contributed by atoms with Crippen molar-refractivity contribution in [1.29, 1.82) is 0 Å². The molecule has 0 bridgehead atoms. The van der Waals surface area contributed by atoms with E-state index in [1.807, 2.05) is 24.3 Å². The van der Waals surface area contributed by atoms with Gasteiger partial charge in [-0.3, -0.25) is 4.79 Å². The highest BCUT2D eigenvalue weighted by Crippen LogP contribution is 2.31. The Morgan fingerprint density at radius 2 is 1.89 bits per heavy atom. The standard InChI is InChI=1S/C20H21F3N2O3/c1-27-18-5-3-2-4-16(18)17-13-24-10-11-25(17)19(26)12-14-6-8-15(9-7-14)28-20(21,22)23/h2-9,17,24H,10-13H2,1H3. The third-order valence-electron chi connectivity index (χ3n) is 4.57. The number of alkyl halides is 3. The number of benzene rings is 2. The number of amides is 1. The summed E-state index contributed by atoms with van der Waals surface area (Å²) in [5.41, 5.74) is 1.54. The molecule has 5 nitrogen and oxygen atoms in total. The van der Waals surface area contributed by atoms with Crippen LogP contribution in [0.3, 0.4) is 0 Å². The number of hydrogen-bond donors (Lipinski definition) is 1. The number of piperazine rings is 1. The van der Waals surface area contributed by atoms with Crippen molar-refractivity contribution in [3.8, 4) is 11.5 Å². The first-order valence-corrected chi connectivity index (χ1v) is 8.85. The van der Waals surface area contributed by atoms with Crippen LogP contribution in [0.5, 0.6) is 11.5 Å². The summed E-state index contributed by atoms with van der Waals surface area (Å²) in [6.07, 6.45) is -4.64. The summed E-state index contributed by atoms with van der Waals surface area (Å²) >= 11 is 0. The highest BCUT2D eigenvalue weighted by molar-refractivity contribution is 5.79. The molecule has 1 unspecified atom stereocenters. The van der Waals surface area contributed by atoms with E-state index in [1.54, 1.807) is 12.0 Å². The molecule has 1 amide bonds. The van der Waals surface area contributed by atoms with Gasteiger partial charge in [0.1, 0.15) is 11.5 Å². The van der Waals surface area contributed by atoms with Gasteiger partial charge in [0.2, 0.25) is 5.91 Å². The van der Waals surface area contributed by atoms with Crippen molar-refractivity contribution < 1.29 is 27.4 Å². The molecule has 1 N–H and O–H groups in total. The third-order valence-corrected chi connectivity index (χ3v) is 4.57. The van der Waals surface area contributed by atoms with Crippen molar-refractivity contribution in [3.05, 3.63) is 59.7 Å². The number of nitrogens with one attached hydrogen (secondary N) is 1. The molecule has 0 aromatic heterocycles. The minimum absolute atomic E-state index is 0.0952. The molecule has 1 aliphatic heterocycles. The molecule has 1 fully saturated rings. The summed E-state index contributed by atoms with van der Waals surface area (Å²) in [5, 5.41) is 3.29. The Morgan fingerprint density at radius 3 is 2.57 bits per heavy atom. The molecule has 1 aliphatic rings. The van der Waals surface area contributed by atoms with Crippen molar-refractivity contribution in [2.24, 2.45) is 0 Å². The van der Waals surface area contributed by atoms with Crippen LogP contribution in [0.4, 0.5) is 13.2 Å². The number of rotatable bonds is 5. The maximum atomic E-state index is 12.9. The zero-order valence-corrected chi connectivity index (χ0v) is 15.3. The molecule has 0 aliphatic carbocycles. The number of nitrogens with zero attached hydrogens (tertiary/aromatic N) is 1. The number of methoxy groups -OCH3 is 1. The Balaban J connectivity index is 1.73. The summed E-state index contributed by atoms with van der Waals surface area (Å²) in [6, 6.07) is 12.7. The van der Waals surface area contributed by atoms with E-state index < -0.39 is 6.36 Å². The van der Waals surface area contributed by atoms with E-state index in [1.165, 1.54) is 24.3 Å². The van der Waals surface area contributed by atoms with Gasteiger partial charge in [0.15, 0.2) is 0 Å². The molecule has 8 heteroatoms. The van der Waals surface area contributed by atoms with Crippen LogP contribution < -0.4 is 14.8 Å². The van der Waals surface area contributed by atoms with Crippen molar-refractivity contribution in [1.82, 2.24) is 10.2 Å². The number of carbonyl (C=O) groups is 1. The normalized spacial score (nSPS) is 17.3. The van der Waals surface area contributed by atoms with E-state index in [4.69, 9.17) is 4.74 Å². The molecule has 0 radical (unpaired) electrons. The Morgan fingerprint density at radius 1 is 1.18 bits per heavy atom. The molecular weight excluding hydrogens is 373 g/mol. The minimum atomic E-state index is -4.74. The zero-order valence-electron chi connectivity index (χ0n) is 15.3. The fourth-order valence-corrected chi connectivity index (χ4v) is 3.31. The van der Waals surface area contributed by atoms with Crippen molar-refractivity contribution >= 4 is 5.91 Å². The van der Waals surface area contributed by atoms with Crippen LogP contribution in [0.25, 0.3) is 0 Å². The van der Waals surface area contributed by atoms with Gasteiger partial charge < -0.3 is 19.7 Å². The van der Waals surface area contributed by atoms with Gasteiger partial charge in [-0.15, -0.1) is 13.2 Å². The topological polar surface area (TPSA) is 50.8 Å². The molecule has 3 rings (SSSR count). The molecule has 2 aromatic rings. The molecule has 1 saturated heterocycles. The summed E-state index contributed by atoms with van der Waals surface area (Å²) in [6.45, 7) is 1.82. The first kappa shape index (κ1) is 20.0. The van der Waals surface area contributed by atoms with E-state index in [2.05, 4.69) is 10.1 Å². The van der Waals surface area contributed by atoms with Gasteiger partial charge in [-0.05, 0) is 23.8 Å². The summed E-state index contributed by atoms with van der Waals surface area (Å²) < 4.78 is 46.1. The molecule has 1 heterocycles. The lowest BCUT2D eigenvalue weighted by atomic mass is 10.0. The molecule has 0 spiro atoms. The highest BCUT2D eigenvalue weighted by atomic mass is 19.4. The van der Waals surface area contributed by atoms with E-state index in [0.717, 1.165) is 5.56 Å². The lowest BCUT2D eigenvalue weighted by molar-refractivity contribution is -0.274. The van der Waals surface area contributed by atoms with Gasteiger partial charge in [-0.2, -0.15) is 0 Å². The van der Waals surface area contributed by atoms with Crippen molar-refractivity contribution in [2.45, 2.75) is 18.8 Å². The van der Waals surface area contributed by atoms with Gasteiger partial charge in [0.05, 0.1) is 19.6 Å². The first-order valence-electron chi connectivity index (χ1n) is 8.85. The van der Waals surface area contributed by atoms with Crippen LogP contribution in [0.1, 0.15) is 17.2 Å². The van der Waals surface area contributed by atoms with Crippen LogP contribution >= 0.6 is 0 Å². The SMILES string of the molecule is COc1ccccc1C1CNCCN1C(=O)Cc1ccc(OC(F)(F)F)cc1. The fourth-order valence-electron chi connectivity index (χ4n) is 3.31. The van der Waals surface area contributed by atoms with Crippen LogP contribution in [-0.4, -0.2) is 43.9 Å². The Kier molecular flexibility index (Phi) is 6.08. The second-order valence-corrected chi connectivity index (χ2v) is 6.42. The maximum absolute atomic E-state index is 12.9. The Bertz CT molecular complexity index is 809. The second kappa shape index (κ2) is 8.52. The monoisotopic (exact) mass is 394 g/mol. The average Bonchev–Trinajstić information content (AvgIpc) is 2.68. The first-order chi connectivity index (χ1) is 13.4. The zero-order chi connectivity index (χ0) is 20.1. The molecule has 1 atom stereocenters. The average molecular weight is 394 g/mol. The van der Waals surface area contributed by atoms with Crippen molar-refractivity contribution in [3.63, 3.8) is 0 Å². The minimum Gasteiger partial charge on any atom is -0.496 e. The fraction of sp³-hybridized carbons (Fsp3) is 0.350. The number of halogens is 3. The predicted molar refractivity (Wildman–Crippen MR) is 97.1 cm³/mol. The van der Waals surface area contributed by atoms with Gasteiger partial charge in [0.25, 0.3) is 0 Å². The quantitative estimate of drug-likeness (QED) is 0.846. The summed E-state index contributed by atoms with van der Waals surface area (Å²) in [4.78, 5) is 14.7. The van der Waals surface area contributed by atoms with E-state index in [-0.39, 0.29) is 24.1 Å². The molecule has 0 saturated carbocycles.